The van der Waals surface area contributed by atoms with Gasteiger partial charge in [-0.1, -0.05) is 24.3 Å². The molecule has 0 saturated heterocycles. The number of hydrogen-bond acceptors (Lipinski definition) is 2. The molecule has 0 aliphatic heterocycles. The highest BCUT2D eigenvalue weighted by atomic mass is 79.9. The van der Waals surface area contributed by atoms with E-state index in [9.17, 15) is 9.50 Å². The Balaban J connectivity index is 2.58. The summed E-state index contributed by atoms with van der Waals surface area (Å²) in [6, 6.07) is 13.3. The molecule has 0 radical (unpaired) electrons. The van der Waals surface area contributed by atoms with Crippen LogP contribution < -0.4 is 0 Å². The van der Waals surface area contributed by atoms with E-state index in [2.05, 4.69) is 15.9 Å². The Hall–Kier alpha value is -1.70. The third-order valence-corrected chi connectivity index (χ3v) is 3.64. The monoisotopic (exact) mass is 319 g/mol. The topological polar surface area (TPSA) is 44.0 Å². The van der Waals surface area contributed by atoms with Gasteiger partial charge in [0.2, 0.25) is 0 Å². The molecule has 0 fully saturated rings. The molecule has 2 aromatic rings. The van der Waals surface area contributed by atoms with Crippen LogP contribution in [0.3, 0.4) is 0 Å². The van der Waals surface area contributed by atoms with Crippen molar-refractivity contribution in [3.63, 3.8) is 0 Å². The highest BCUT2D eigenvalue weighted by molar-refractivity contribution is 9.10. The molecule has 1 atom stereocenters. The molecule has 1 unspecified atom stereocenters. The molecule has 4 heteroatoms. The Labute approximate surface area is 119 Å². The summed E-state index contributed by atoms with van der Waals surface area (Å²) in [6.07, 6.45) is 0. The van der Waals surface area contributed by atoms with E-state index in [1.807, 2.05) is 6.07 Å². The molecule has 0 aromatic heterocycles. The van der Waals surface area contributed by atoms with Gasteiger partial charge in [0.15, 0.2) is 0 Å². The van der Waals surface area contributed by atoms with Gasteiger partial charge in [-0.15, -0.1) is 0 Å². The minimum atomic E-state index is -1.50. The van der Waals surface area contributed by atoms with Crippen molar-refractivity contribution in [2.75, 3.05) is 0 Å². The summed E-state index contributed by atoms with van der Waals surface area (Å²) in [4.78, 5) is 0. The average Bonchev–Trinajstić information content (AvgIpc) is 2.41. The second kappa shape index (κ2) is 5.12. The molecule has 0 amide bonds. The van der Waals surface area contributed by atoms with Gasteiger partial charge in [0.25, 0.3) is 0 Å². The van der Waals surface area contributed by atoms with Crippen LogP contribution in [-0.4, -0.2) is 5.11 Å². The Morgan fingerprint density at radius 2 is 1.95 bits per heavy atom. The molecule has 0 bridgehead atoms. The van der Waals surface area contributed by atoms with Crippen LogP contribution in [0.15, 0.2) is 46.9 Å². The van der Waals surface area contributed by atoms with Crippen LogP contribution in [0.2, 0.25) is 0 Å². The first-order valence-electron chi connectivity index (χ1n) is 5.64. The van der Waals surface area contributed by atoms with E-state index in [1.165, 1.54) is 13.0 Å². The quantitative estimate of drug-likeness (QED) is 0.916. The molecule has 19 heavy (non-hydrogen) atoms. The third-order valence-electron chi connectivity index (χ3n) is 3.03. The molecule has 2 aromatic carbocycles. The van der Waals surface area contributed by atoms with Crippen molar-refractivity contribution < 1.29 is 9.50 Å². The van der Waals surface area contributed by atoms with Crippen molar-refractivity contribution in [2.24, 2.45) is 0 Å². The van der Waals surface area contributed by atoms with Crippen LogP contribution in [0.1, 0.15) is 23.6 Å². The van der Waals surface area contributed by atoms with E-state index in [1.54, 1.807) is 36.4 Å². The molecular formula is C15H11BrFNO. The lowest BCUT2D eigenvalue weighted by Gasteiger charge is -2.25. The van der Waals surface area contributed by atoms with Crippen LogP contribution in [0.4, 0.5) is 4.39 Å². The lowest BCUT2D eigenvalue weighted by molar-refractivity contribution is 0.0978. The van der Waals surface area contributed by atoms with Crippen LogP contribution in [0.25, 0.3) is 0 Å². The summed E-state index contributed by atoms with van der Waals surface area (Å²) in [6.45, 7) is 1.51. The van der Waals surface area contributed by atoms with Gasteiger partial charge < -0.3 is 5.11 Å². The third kappa shape index (κ3) is 2.53. The van der Waals surface area contributed by atoms with Crippen LogP contribution >= 0.6 is 15.9 Å². The molecule has 0 aliphatic rings. The minimum absolute atomic E-state index is 0.164. The van der Waals surface area contributed by atoms with E-state index < -0.39 is 11.4 Å². The Morgan fingerprint density at radius 1 is 1.26 bits per heavy atom. The summed E-state index contributed by atoms with van der Waals surface area (Å²) in [7, 11) is 0. The highest BCUT2D eigenvalue weighted by Crippen LogP contribution is 2.33. The summed E-state index contributed by atoms with van der Waals surface area (Å²) in [5.41, 5.74) is -0.436. The number of nitrogens with zero attached hydrogens (tertiary/aromatic N) is 1. The average molecular weight is 320 g/mol. The van der Waals surface area contributed by atoms with Gasteiger partial charge in [-0.25, -0.2) is 4.39 Å². The summed E-state index contributed by atoms with van der Waals surface area (Å²) >= 11 is 3.10. The van der Waals surface area contributed by atoms with Crippen molar-refractivity contribution in [3.8, 4) is 6.07 Å². The fraction of sp³-hybridized carbons (Fsp3) is 0.133. The predicted molar refractivity (Wildman–Crippen MR) is 73.9 cm³/mol. The van der Waals surface area contributed by atoms with E-state index in [0.717, 1.165) is 0 Å². The van der Waals surface area contributed by atoms with Gasteiger partial charge in [0.05, 0.1) is 16.1 Å². The van der Waals surface area contributed by atoms with E-state index >= 15 is 0 Å². The van der Waals surface area contributed by atoms with E-state index in [0.29, 0.717) is 15.6 Å². The second-order valence-electron chi connectivity index (χ2n) is 4.37. The first kappa shape index (κ1) is 13.7. The van der Waals surface area contributed by atoms with Crippen molar-refractivity contribution in [2.45, 2.75) is 12.5 Å². The number of hydrogen-bond donors (Lipinski definition) is 1. The van der Waals surface area contributed by atoms with Gasteiger partial charge >= 0.3 is 0 Å². The van der Waals surface area contributed by atoms with Gasteiger partial charge in [-0.3, -0.25) is 0 Å². The van der Waals surface area contributed by atoms with Gasteiger partial charge in [-0.05, 0) is 46.6 Å². The number of benzene rings is 2. The summed E-state index contributed by atoms with van der Waals surface area (Å²) < 4.78 is 14.4. The SMILES string of the molecule is CC(O)(c1cccc(C#N)c1)c1cccc(Br)c1F. The van der Waals surface area contributed by atoms with Crippen LogP contribution in [0.5, 0.6) is 0 Å². The molecule has 96 valence electrons. The van der Waals surface area contributed by atoms with Gasteiger partial charge in [-0.2, -0.15) is 5.26 Å². The molecule has 2 nitrogen and oxygen atoms in total. The molecule has 0 heterocycles. The molecule has 0 aliphatic carbocycles. The lowest BCUT2D eigenvalue weighted by atomic mass is 9.87. The van der Waals surface area contributed by atoms with Crippen molar-refractivity contribution in [3.05, 3.63) is 69.4 Å². The predicted octanol–water partition coefficient (Wildman–Crippen LogP) is 3.72. The molecule has 1 N–H and O–H groups in total. The molecule has 0 spiro atoms. The molecule has 0 saturated carbocycles. The van der Waals surface area contributed by atoms with E-state index in [4.69, 9.17) is 5.26 Å². The highest BCUT2D eigenvalue weighted by Gasteiger charge is 2.29. The Morgan fingerprint density at radius 3 is 2.63 bits per heavy atom. The zero-order valence-corrected chi connectivity index (χ0v) is 11.8. The smallest absolute Gasteiger partial charge is 0.143 e. The van der Waals surface area contributed by atoms with Gasteiger partial charge in [0, 0.05) is 5.56 Å². The molecular weight excluding hydrogens is 309 g/mol. The maximum atomic E-state index is 14.1. The van der Waals surface area contributed by atoms with Gasteiger partial charge in [0.1, 0.15) is 11.4 Å². The minimum Gasteiger partial charge on any atom is -0.381 e. The molecule has 2 rings (SSSR count). The van der Waals surface area contributed by atoms with Crippen molar-refractivity contribution in [1.82, 2.24) is 0 Å². The normalized spacial score (nSPS) is 13.6. The van der Waals surface area contributed by atoms with Crippen LogP contribution in [-0.2, 0) is 5.60 Å². The summed E-state index contributed by atoms with van der Waals surface area (Å²) in [5, 5.41) is 19.5. The van der Waals surface area contributed by atoms with E-state index in [-0.39, 0.29) is 5.56 Å². The number of nitriles is 1. The standard InChI is InChI=1S/C15H11BrFNO/c1-15(19,11-5-2-4-10(8-11)9-18)12-6-3-7-13(16)14(12)17/h2-8,19H,1H3. The lowest BCUT2D eigenvalue weighted by Crippen LogP contribution is -2.24. The second-order valence-corrected chi connectivity index (χ2v) is 5.22. The maximum Gasteiger partial charge on any atom is 0.143 e. The first-order chi connectivity index (χ1) is 8.96. The largest absolute Gasteiger partial charge is 0.381 e. The van der Waals surface area contributed by atoms with Crippen molar-refractivity contribution in [1.29, 1.82) is 5.26 Å². The van der Waals surface area contributed by atoms with Crippen LogP contribution in [0, 0.1) is 17.1 Å². The zero-order valence-electron chi connectivity index (χ0n) is 10.2. The number of rotatable bonds is 2. The number of aliphatic hydroxyl groups is 1. The van der Waals surface area contributed by atoms with Crippen molar-refractivity contribution >= 4 is 15.9 Å². The Bertz CT molecular complexity index is 661. The first-order valence-corrected chi connectivity index (χ1v) is 6.43. The summed E-state index contributed by atoms with van der Waals surface area (Å²) in [5.74, 6) is -0.505. The number of halogens is 2. The maximum absolute atomic E-state index is 14.1. The fourth-order valence-corrected chi connectivity index (χ4v) is 2.29. The zero-order chi connectivity index (χ0) is 14.0. The fourth-order valence-electron chi connectivity index (χ4n) is 1.93. The Kier molecular flexibility index (Phi) is 3.70.